The molecule has 0 atom stereocenters. The van der Waals surface area contributed by atoms with Crippen LogP contribution >= 0.6 is 34.4 Å². The lowest BCUT2D eigenvalue weighted by molar-refractivity contribution is 0.660. The average molecular weight is 459 g/mol. The highest BCUT2D eigenvalue weighted by Crippen LogP contribution is 2.34. The molecule has 4 aromatic rings. The van der Waals surface area contributed by atoms with Crippen LogP contribution in [0.1, 0.15) is 5.69 Å². The molecule has 0 N–H and O–H groups in total. The number of allylic oxidation sites excluding steroid dienone is 1. The quantitative estimate of drug-likeness (QED) is 0.252. The summed E-state index contributed by atoms with van der Waals surface area (Å²) in [6, 6.07) is 5.38. The van der Waals surface area contributed by atoms with Crippen molar-refractivity contribution in [2.45, 2.75) is 17.5 Å². The summed E-state index contributed by atoms with van der Waals surface area (Å²) < 4.78 is 4.08. The molecule has 0 aliphatic heterocycles. The molecule has 30 heavy (non-hydrogen) atoms. The summed E-state index contributed by atoms with van der Waals surface area (Å²) in [5.41, 5.74) is 0.595. The molecule has 4 rings (SSSR count). The highest BCUT2D eigenvalue weighted by molar-refractivity contribution is 7.98. The Morgan fingerprint density at radius 2 is 2.00 bits per heavy atom. The van der Waals surface area contributed by atoms with Gasteiger partial charge in [0.2, 0.25) is 0 Å². The molecular formula is C20H18N4O3S3. The Kier molecular flexibility index (Phi) is 5.63. The molecule has 154 valence electrons. The standard InChI is InChI=1S/C20H18N4O3S3/c1-4-7-24-18(26)16-13(14-6-5-8-28-14)11-29-17(16)21-19(24)30-10-12-9-15(25)23(3)20(27)22(12)2/h4-6,8-9,11H,1,7,10H2,2-3H3. The molecule has 0 aromatic carbocycles. The third-order valence-corrected chi connectivity index (χ3v) is 7.52. The second-order valence-corrected chi connectivity index (χ2v) is 9.32. The van der Waals surface area contributed by atoms with Gasteiger partial charge in [-0.05, 0) is 11.4 Å². The predicted octanol–water partition coefficient (Wildman–Crippen LogP) is 3.06. The molecule has 10 heteroatoms. The molecule has 0 radical (unpaired) electrons. The van der Waals surface area contributed by atoms with E-state index in [1.54, 1.807) is 29.0 Å². The number of hydrogen-bond donors (Lipinski definition) is 0. The monoisotopic (exact) mass is 458 g/mol. The number of thioether (sulfide) groups is 1. The second kappa shape index (κ2) is 8.21. The lowest BCUT2D eigenvalue weighted by atomic mass is 10.2. The molecule has 0 saturated carbocycles. The summed E-state index contributed by atoms with van der Waals surface area (Å²) in [5.74, 6) is 0.333. The Bertz CT molecular complexity index is 1420. The van der Waals surface area contributed by atoms with E-state index >= 15 is 0 Å². The van der Waals surface area contributed by atoms with Gasteiger partial charge in [0.1, 0.15) is 4.83 Å². The molecule has 0 aliphatic carbocycles. The molecule has 0 fully saturated rings. The van der Waals surface area contributed by atoms with Crippen LogP contribution in [0.15, 0.2) is 61.2 Å². The van der Waals surface area contributed by atoms with Gasteiger partial charge >= 0.3 is 5.69 Å². The van der Waals surface area contributed by atoms with Crippen molar-refractivity contribution >= 4 is 44.7 Å². The molecular weight excluding hydrogens is 440 g/mol. The number of hydrogen-bond acceptors (Lipinski definition) is 7. The zero-order chi connectivity index (χ0) is 21.4. The third kappa shape index (κ3) is 3.51. The number of thiophene rings is 2. The van der Waals surface area contributed by atoms with E-state index in [9.17, 15) is 14.4 Å². The maximum atomic E-state index is 13.3. The summed E-state index contributed by atoms with van der Waals surface area (Å²) in [7, 11) is 3.07. The van der Waals surface area contributed by atoms with Crippen LogP contribution in [0.5, 0.6) is 0 Å². The van der Waals surface area contributed by atoms with E-state index in [-0.39, 0.29) is 16.8 Å². The second-order valence-electron chi connectivity index (χ2n) is 6.57. The fourth-order valence-electron chi connectivity index (χ4n) is 3.07. The fraction of sp³-hybridized carbons (Fsp3) is 0.200. The molecule has 4 aromatic heterocycles. The largest absolute Gasteiger partial charge is 0.330 e. The number of nitrogens with zero attached hydrogens (tertiary/aromatic N) is 4. The molecule has 0 amide bonds. The maximum absolute atomic E-state index is 13.3. The minimum absolute atomic E-state index is 0.120. The predicted molar refractivity (Wildman–Crippen MR) is 124 cm³/mol. The van der Waals surface area contributed by atoms with E-state index in [1.807, 2.05) is 22.9 Å². The average Bonchev–Trinajstić information content (AvgIpc) is 3.40. The van der Waals surface area contributed by atoms with Crippen molar-refractivity contribution in [2.75, 3.05) is 0 Å². The van der Waals surface area contributed by atoms with E-state index in [0.717, 1.165) is 15.0 Å². The van der Waals surface area contributed by atoms with Gasteiger partial charge in [0.25, 0.3) is 11.1 Å². The third-order valence-electron chi connectivity index (χ3n) is 4.73. The molecule has 4 heterocycles. The van der Waals surface area contributed by atoms with E-state index in [1.165, 1.54) is 40.8 Å². The minimum atomic E-state index is -0.385. The van der Waals surface area contributed by atoms with E-state index in [4.69, 9.17) is 4.98 Å². The van der Waals surface area contributed by atoms with Crippen LogP contribution in [0.4, 0.5) is 0 Å². The highest BCUT2D eigenvalue weighted by atomic mass is 32.2. The summed E-state index contributed by atoms with van der Waals surface area (Å²) in [6.45, 7) is 4.08. The van der Waals surface area contributed by atoms with Crippen LogP contribution in [0.2, 0.25) is 0 Å². The smallest absolute Gasteiger partial charge is 0.300 e. The first kappa shape index (κ1) is 20.6. The van der Waals surface area contributed by atoms with Crippen LogP contribution in [0.25, 0.3) is 20.7 Å². The first-order valence-electron chi connectivity index (χ1n) is 8.98. The molecule has 0 aliphatic rings. The first-order valence-corrected chi connectivity index (χ1v) is 11.7. The lowest BCUT2D eigenvalue weighted by Crippen LogP contribution is -2.37. The van der Waals surface area contributed by atoms with Gasteiger partial charge in [0.05, 0.1) is 5.39 Å². The van der Waals surface area contributed by atoms with E-state index in [0.29, 0.717) is 33.4 Å². The van der Waals surface area contributed by atoms with Crippen LogP contribution < -0.4 is 16.8 Å². The maximum Gasteiger partial charge on any atom is 0.330 e. The van der Waals surface area contributed by atoms with Crippen molar-refractivity contribution in [1.82, 2.24) is 18.7 Å². The van der Waals surface area contributed by atoms with Gasteiger partial charge in [-0.25, -0.2) is 9.78 Å². The van der Waals surface area contributed by atoms with Gasteiger partial charge in [-0.2, -0.15) is 0 Å². The van der Waals surface area contributed by atoms with Gasteiger partial charge in [0, 0.05) is 54.0 Å². The Hall–Kier alpha value is -2.69. The van der Waals surface area contributed by atoms with Gasteiger partial charge in [-0.15, -0.1) is 29.3 Å². The Morgan fingerprint density at radius 3 is 2.70 bits per heavy atom. The van der Waals surface area contributed by atoms with Gasteiger partial charge in [0.15, 0.2) is 5.16 Å². The molecule has 0 saturated heterocycles. The van der Waals surface area contributed by atoms with Crippen LogP contribution in [-0.2, 0) is 26.4 Å². The topological polar surface area (TPSA) is 78.9 Å². The van der Waals surface area contributed by atoms with Crippen molar-refractivity contribution in [3.8, 4) is 10.4 Å². The van der Waals surface area contributed by atoms with Crippen LogP contribution in [0.3, 0.4) is 0 Å². The first-order chi connectivity index (χ1) is 14.4. The Labute approximate surface area is 183 Å². The molecule has 0 unspecified atom stereocenters. The molecule has 7 nitrogen and oxygen atoms in total. The van der Waals surface area contributed by atoms with Gasteiger partial charge in [-0.1, -0.05) is 23.9 Å². The summed E-state index contributed by atoms with van der Waals surface area (Å²) in [4.78, 5) is 43.9. The minimum Gasteiger partial charge on any atom is -0.300 e. The fourth-order valence-corrected chi connectivity index (χ4v) is 5.91. The zero-order valence-electron chi connectivity index (χ0n) is 16.3. The Morgan fingerprint density at radius 1 is 1.20 bits per heavy atom. The van der Waals surface area contributed by atoms with Crippen molar-refractivity contribution < 1.29 is 0 Å². The van der Waals surface area contributed by atoms with Crippen LogP contribution in [0, 0.1) is 0 Å². The summed E-state index contributed by atoms with van der Waals surface area (Å²) in [6.07, 6.45) is 1.66. The molecule has 0 bridgehead atoms. The number of fused-ring (bicyclic) bond motifs is 1. The highest BCUT2D eigenvalue weighted by Gasteiger charge is 2.18. The number of aromatic nitrogens is 4. The lowest BCUT2D eigenvalue weighted by Gasteiger charge is -2.12. The van der Waals surface area contributed by atoms with Gasteiger partial charge in [-0.3, -0.25) is 23.3 Å². The van der Waals surface area contributed by atoms with Crippen molar-refractivity contribution in [2.24, 2.45) is 14.1 Å². The van der Waals surface area contributed by atoms with Crippen LogP contribution in [-0.4, -0.2) is 18.7 Å². The Balaban J connectivity index is 1.79. The summed E-state index contributed by atoms with van der Waals surface area (Å²) in [5, 5.41) is 5.07. The zero-order valence-corrected chi connectivity index (χ0v) is 18.8. The van der Waals surface area contributed by atoms with Crippen molar-refractivity contribution in [3.63, 3.8) is 0 Å². The normalized spacial score (nSPS) is 11.3. The molecule has 0 spiro atoms. The van der Waals surface area contributed by atoms with Crippen molar-refractivity contribution in [1.29, 1.82) is 0 Å². The number of rotatable bonds is 6. The SMILES string of the molecule is C=CCn1c(SCc2cc(=O)n(C)c(=O)n2C)nc2scc(-c3cccs3)c2c1=O. The van der Waals surface area contributed by atoms with Gasteiger partial charge < -0.3 is 0 Å². The summed E-state index contributed by atoms with van der Waals surface area (Å²) >= 11 is 4.33. The van der Waals surface area contributed by atoms with E-state index < -0.39 is 0 Å². The van der Waals surface area contributed by atoms with Crippen molar-refractivity contribution in [3.05, 3.63) is 78.5 Å². The van der Waals surface area contributed by atoms with E-state index in [2.05, 4.69) is 6.58 Å².